The number of nitriles is 1. The molecule has 0 bridgehead atoms. The Bertz CT molecular complexity index is 756. The highest BCUT2D eigenvalue weighted by Crippen LogP contribution is 2.25. The van der Waals surface area contributed by atoms with Crippen LogP contribution in [0.15, 0.2) is 47.3 Å². The zero-order valence-corrected chi connectivity index (χ0v) is 10.8. The van der Waals surface area contributed by atoms with Gasteiger partial charge in [-0.25, -0.2) is 4.98 Å². The predicted molar refractivity (Wildman–Crippen MR) is 70.8 cm³/mol. The molecule has 3 heterocycles. The van der Waals surface area contributed by atoms with Gasteiger partial charge in [-0.2, -0.15) is 5.26 Å². The number of halogens is 1. The van der Waals surface area contributed by atoms with Crippen LogP contribution in [0.3, 0.4) is 0 Å². The number of pyridine rings is 2. The summed E-state index contributed by atoms with van der Waals surface area (Å²) in [4.78, 5) is 8.54. The van der Waals surface area contributed by atoms with Gasteiger partial charge in [0, 0.05) is 18.0 Å². The van der Waals surface area contributed by atoms with Crippen molar-refractivity contribution < 1.29 is 0 Å². The van der Waals surface area contributed by atoms with Crippen molar-refractivity contribution in [2.75, 3.05) is 0 Å². The van der Waals surface area contributed by atoms with Crippen LogP contribution in [0.2, 0.25) is 0 Å². The van der Waals surface area contributed by atoms with E-state index in [-0.39, 0.29) is 0 Å². The first-order valence-electron chi connectivity index (χ1n) is 5.29. The fraction of sp³-hybridized carbons (Fsp3) is 0. The molecule has 0 aliphatic heterocycles. The number of rotatable bonds is 1. The lowest BCUT2D eigenvalue weighted by atomic mass is 10.2. The van der Waals surface area contributed by atoms with Gasteiger partial charge in [-0.05, 0) is 40.2 Å². The molecule has 4 nitrogen and oxygen atoms in total. The molecule has 0 radical (unpaired) electrons. The summed E-state index contributed by atoms with van der Waals surface area (Å²) < 4.78 is 2.58. The topological polar surface area (TPSA) is 54.0 Å². The van der Waals surface area contributed by atoms with E-state index in [1.165, 1.54) is 0 Å². The maximum absolute atomic E-state index is 9.34. The van der Waals surface area contributed by atoms with E-state index in [0.717, 1.165) is 15.8 Å². The van der Waals surface area contributed by atoms with Crippen molar-refractivity contribution in [2.45, 2.75) is 0 Å². The lowest BCUT2D eigenvalue weighted by Crippen LogP contribution is -1.91. The second-order valence-electron chi connectivity index (χ2n) is 3.70. The zero-order valence-electron chi connectivity index (χ0n) is 9.21. The Morgan fingerprint density at radius 2 is 2.11 bits per heavy atom. The molecule has 0 N–H and O–H groups in total. The maximum Gasteiger partial charge on any atom is 0.153 e. The van der Waals surface area contributed by atoms with Crippen LogP contribution < -0.4 is 0 Å². The van der Waals surface area contributed by atoms with E-state index in [1.54, 1.807) is 16.8 Å². The molecular weight excluding hydrogens is 292 g/mol. The van der Waals surface area contributed by atoms with E-state index < -0.39 is 0 Å². The van der Waals surface area contributed by atoms with Crippen molar-refractivity contribution >= 4 is 21.6 Å². The van der Waals surface area contributed by atoms with Gasteiger partial charge in [-0.15, -0.1) is 0 Å². The Morgan fingerprint density at radius 3 is 2.83 bits per heavy atom. The molecule has 3 rings (SSSR count). The summed E-state index contributed by atoms with van der Waals surface area (Å²) in [6.45, 7) is 0. The van der Waals surface area contributed by atoms with Crippen LogP contribution in [0, 0.1) is 11.3 Å². The molecule has 0 atom stereocenters. The third-order valence-electron chi connectivity index (χ3n) is 2.64. The largest absolute Gasteiger partial charge is 0.277 e. The molecule has 0 aliphatic rings. The fourth-order valence-corrected chi connectivity index (χ4v) is 2.37. The van der Waals surface area contributed by atoms with Gasteiger partial charge in [0.15, 0.2) is 5.69 Å². The van der Waals surface area contributed by atoms with Gasteiger partial charge in [0.2, 0.25) is 0 Å². The van der Waals surface area contributed by atoms with Crippen LogP contribution in [0.1, 0.15) is 5.69 Å². The summed E-state index contributed by atoms with van der Waals surface area (Å²) in [5, 5.41) is 9.34. The Balaban J connectivity index is 2.39. The monoisotopic (exact) mass is 298 g/mol. The predicted octanol–water partition coefficient (Wildman–Crippen LogP) is 3.03. The molecule has 5 heteroatoms. The second-order valence-corrected chi connectivity index (χ2v) is 4.52. The minimum Gasteiger partial charge on any atom is -0.277 e. The van der Waals surface area contributed by atoms with Crippen LogP contribution in [-0.2, 0) is 0 Å². The van der Waals surface area contributed by atoms with E-state index in [2.05, 4.69) is 32.0 Å². The molecule has 0 spiro atoms. The molecule has 0 aromatic carbocycles. The average Bonchev–Trinajstić information content (AvgIpc) is 2.79. The summed E-state index contributed by atoms with van der Waals surface area (Å²) in [6.07, 6.45) is 3.40. The Hall–Kier alpha value is -2.19. The normalized spacial score (nSPS) is 10.4. The smallest absolute Gasteiger partial charge is 0.153 e. The molecule has 3 aromatic heterocycles. The van der Waals surface area contributed by atoms with Crippen LogP contribution in [0.4, 0.5) is 0 Å². The van der Waals surface area contributed by atoms with Crippen molar-refractivity contribution in [3.63, 3.8) is 0 Å². The third kappa shape index (κ3) is 1.59. The van der Waals surface area contributed by atoms with Gasteiger partial charge in [0.1, 0.15) is 17.4 Å². The Labute approximate surface area is 112 Å². The van der Waals surface area contributed by atoms with Crippen LogP contribution in [0.5, 0.6) is 0 Å². The summed E-state index contributed by atoms with van der Waals surface area (Å²) >= 11 is 3.43. The lowest BCUT2D eigenvalue weighted by molar-refractivity contribution is 1.11. The fourth-order valence-electron chi connectivity index (χ4n) is 1.86. The molecular formula is C13H7BrN4. The van der Waals surface area contributed by atoms with Crippen molar-refractivity contribution in [2.24, 2.45) is 0 Å². The molecule has 0 amide bonds. The minimum absolute atomic E-state index is 0.505. The molecule has 3 aromatic rings. The van der Waals surface area contributed by atoms with Crippen molar-refractivity contribution in [3.05, 3.63) is 53.0 Å². The van der Waals surface area contributed by atoms with E-state index >= 15 is 0 Å². The third-order valence-corrected chi connectivity index (χ3v) is 3.26. The molecule has 0 aliphatic carbocycles. The SMILES string of the molecule is N#Cc1c(-c2cccnc2)nc2cccc(Br)n12. The standard InChI is InChI=1S/C13H7BrN4/c14-11-4-1-5-12-17-13(10(7-15)18(11)12)9-3-2-6-16-8-9/h1-6,8H. The van der Waals surface area contributed by atoms with Gasteiger partial charge >= 0.3 is 0 Å². The summed E-state index contributed by atoms with van der Waals surface area (Å²) in [6, 6.07) is 11.6. The summed E-state index contributed by atoms with van der Waals surface area (Å²) in [5.74, 6) is 0. The van der Waals surface area contributed by atoms with Crippen molar-refractivity contribution in [3.8, 4) is 17.3 Å². The molecule has 0 saturated carbocycles. The number of fused-ring (bicyclic) bond motifs is 1. The highest BCUT2D eigenvalue weighted by Gasteiger charge is 2.14. The van der Waals surface area contributed by atoms with E-state index in [4.69, 9.17) is 0 Å². The summed E-state index contributed by atoms with van der Waals surface area (Å²) in [5.41, 5.74) is 2.73. The minimum atomic E-state index is 0.505. The quantitative estimate of drug-likeness (QED) is 0.649. The lowest BCUT2D eigenvalue weighted by Gasteiger charge is -1.98. The van der Waals surface area contributed by atoms with Gasteiger partial charge < -0.3 is 0 Å². The van der Waals surface area contributed by atoms with E-state index in [0.29, 0.717) is 11.4 Å². The van der Waals surface area contributed by atoms with Gasteiger partial charge in [0.05, 0.1) is 4.60 Å². The van der Waals surface area contributed by atoms with Gasteiger partial charge in [-0.3, -0.25) is 9.38 Å². The number of aromatic nitrogens is 3. The number of imidazole rings is 1. The maximum atomic E-state index is 9.34. The zero-order chi connectivity index (χ0) is 12.5. The van der Waals surface area contributed by atoms with Crippen LogP contribution in [-0.4, -0.2) is 14.4 Å². The summed E-state index contributed by atoms with van der Waals surface area (Å²) in [7, 11) is 0. The number of hydrogen-bond acceptors (Lipinski definition) is 3. The number of nitrogens with zero attached hydrogens (tertiary/aromatic N) is 4. The average molecular weight is 299 g/mol. The highest BCUT2D eigenvalue weighted by molar-refractivity contribution is 9.10. The second kappa shape index (κ2) is 4.24. The first-order chi connectivity index (χ1) is 8.81. The highest BCUT2D eigenvalue weighted by atomic mass is 79.9. The molecule has 0 unspecified atom stereocenters. The van der Waals surface area contributed by atoms with Crippen LogP contribution >= 0.6 is 15.9 Å². The molecule has 18 heavy (non-hydrogen) atoms. The van der Waals surface area contributed by atoms with Gasteiger partial charge in [-0.1, -0.05) is 6.07 Å². The van der Waals surface area contributed by atoms with Crippen molar-refractivity contribution in [1.82, 2.24) is 14.4 Å². The van der Waals surface area contributed by atoms with E-state index in [9.17, 15) is 5.26 Å². The molecule has 0 saturated heterocycles. The van der Waals surface area contributed by atoms with E-state index in [1.807, 2.05) is 30.3 Å². The Morgan fingerprint density at radius 1 is 1.22 bits per heavy atom. The van der Waals surface area contributed by atoms with Crippen LogP contribution in [0.25, 0.3) is 16.9 Å². The first kappa shape index (κ1) is 10.9. The van der Waals surface area contributed by atoms with Gasteiger partial charge in [0.25, 0.3) is 0 Å². The molecule has 0 fully saturated rings. The molecule has 86 valence electrons. The Kier molecular flexibility index (Phi) is 2.58. The van der Waals surface area contributed by atoms with Crippen molar-refractivity contribution in [1.29, 1.82) is 5.26 Å². The first-order valence-corrected chi connectivity index (χ1v) is 6.08. The number of hydrogen-bond donors (Lipinski definition) is 0.